The van der Waals surface area contributed by atoms with Gasteiger partial charge < -0.3 is 14.2 Å². The van der Waals surface area contributed by atoms with Crippen molar-refractivity contribution in [1.29, 1.82) is 0 Å². The quantitative estimate of drug-likeness (QED) is 0.160. The first-order valence-corrected chi connectivity index (χ1v) is 15.6. The van der Waals surface area contributed by atoms with Crippen molar-refractivity contribution in [3.05, 3.63) is 23.5 Å². The van der Waals surface area contributed by atoms with E-state index in [1.807, 2.05) is 6.92 Å². The van der Waals surface area contributed by atoms with Crippen LogP contribution in [0, 0.1) is 29.6 Å². The first-order valence-electron chi connectivity index (χ1n) is 14.8. The van der Waals surface area contributed by atoms with E-state index >= 15 is 0 Å². The summed E-state index contributed by atoms with van der Waals surface area (Å²) in [6.07, 6.45) is 3.82. The van der Waals surface area contributed by atoms with E-state index in [1.54, 1.807) is 46.3 Å². The molecule has 2 aromatic heterocycles. The number of carbonyl (C=O) groups is 4. The number of amidine groups is 1. The van der Waals surface area contributed by atoms with Crippen LogP contribution in [0.15, 0.2) is 23.5 Å². The largest absolute Gasteiger partial charge is 0.461 e. The van der Waals surface area contributed by atoms with Gasteiger partial charge in [-0.3, -0.25) is 34.5 Å². The number of cyclic esters (lactones) is 1. The van der Waals surface area contributed by atoms with E-state index in [-0.39, 0.29) is 37.0 Å². The zero-order valence-electron chi connectivity index (χ0n) is 26.6. The second kappa shape index (κ2) is 14.2. The van der Waals surface area contributed by atoms with Crippen LogP contribution in [0.5, 0.6) is 0 Å². The topological polar surface area (TPSA) is 181 Å². The number of ether oxygens (including phenoxy) is 3. The first kappa shape index (κ1) is 34.2. The number of ketones is 2. The van der Waals surface area contributed by atoms with Crippen molar-refractivity contribution in [3.63, 3.8) is 0 Å². The maximum atomic E-state index is 13.7. The summed E-state index contributed by atoms with van der Waals surface area (Å²) < 4.78 is 17.2. The highest BCUT2D eigenvalue weighted by Crippen LogP contribution is 2.42. The Balaban J connectivity index is 1.55. The molecule has 2 aliphatic heterocycles. The van der Waals surface area contributed by atoms with Gasteiger partial charge in [0.05, 0.1) is 5.60 Å². The minimum atomic E-state index is -1.38. The molecule has 244 valence electrons. The highest BCUT2D eigenvalue weighted by atomic mass is 32.1. The normalized spacial score (nSPS) is 32.0. The number of aliphatic imine (C=N–C) groups is 1. The average Bonchev–Trinajstić information content (AvgIpc) is 3.59. The van der Waals surface area contributed by atoms with Crippen LogP contribution in [0.3, 0.4) is 0 Å². The van der Waals surface area contributed by atoms with Gasteiger partial charge in [-0.2, -0.15) is 0 Å². The molecule has 1 N–H and O–H groups in total. The highest BCUT2D eigenvalue weighted by Gasteiger charge is 2.56. The molecule has 0 amide bonds. The number of fused-ring (bicyclic) bond motifs is 1. The Hall–Kier alpha value is -3.69. The van der Waals surface area contributed by atoms with Crippen molar-refractivity contribution in [1.82, 2.24) is 25.6 Å². The molecular formula is C30H40N6O8S. The molecule has 14 nitrogen and oxygen atoms in total. The molecule has 0 spiro atoms. The summed E-state index contributed by atoms with van der Waals surface area (Å²) in [6, 6.07) is 1.70. The molecule has 0 saturated carbocycles. The number of carbonyl (C=O) groups excluding carboxylic acids is 4. The number of nitrogens with zero attached hydrogens (tertiary/aromatic N) is 5. The molecule has 2 fully saturated rings. The van der Waals surface area contributed by atoms with Crippen LogP contribution in [-0.2, 0) is 44.8 Å². The van der Waals surface area contributed by atoms with Gasteiger partial charge in [0.25, 0.3) is 0 Å². The third kappa shape index (κ3) is 7.76. The van der Waals surface area contributed by atoms with E-state index in [0.717, 1.165) is 0 Å². The monoisotopic (exact) mass is 644 g/mol. The fourth-order valence-corrected chi connectivity index (χ4v) is 6.65. The lowest BCUT2D eigenvalue weighted by molar-refractivity contribution is -0.168. The van der Waals surface area contributed by atoms with Gasteiger partial charge in [0.2, 0.25) is 0 Å². The molecule has 2 aromatic rings. The van der Waals surface area contributed by atoms with E-state index in [1.165, 1.54) is 25.3 Å². The van der Waals surface area contributed by atoms with E-state index in [0.29, 0.717) is 28.7 Å². The standard InChI is InChI=1S/C30H40N6O8S/c1-16-12-29(4,41-7)13-17(2)23(38)18(3)27(39)42-15-30(5)19(11-20(16)37)22(28(40)44-30)24(31-6)36-43-14-21-34-35-26(45-21)25-32-9-8-10-33-25/h8-10,16-19,22H,11-15H2,1-7H3,(H,31,36)/t16-,17?,18?,19?,22?,29-,30-/m1/s1. The molecule has 15 heteroatoms. The van der Waals surface area contributed by atoms with Crippen molar-refractivity contribution >= 4 is 40.7 Å². The number of rotatable bonds is 6. The fourth-order valence-electron chi connectivity index (χ4n) is 5.95. The Kier molecular flexibility index (Phi) is 10.8. The molecule has 0 aromatic carbocycles. The Morgan fingerprint density at radius 3 is 2.42 bits per heavy atom. The zero-order valence-corrected chi connectivity index (χ0v) is 27.4. The third-order valence-electron chi connectivity index (χ3n) is 8.61. The molecule has 2 saturated heterocycles. The number of hydrogen-bond donors (Lipinski definition) is 1. The molecular weight excluding hydrogens is 604 g/mol. The predicted octanol–water partition coefficient (Wildman–Crippen LogP) is 2.77. The second-order valence-corrected chi connectivity index (χ2v) is 13.2. The molecule has 2 aliphatic rings. The number of aromatic nitrogens is 4. The van der Waals surface area contributed by atoms with Gasteiger partial charge in [0, 0.05) is 50.7 Å². The van der Waals surface area contributed by atoms with Crippen LogP contribution in [-0.4, -0.2) is 81.5 Å². The Morgan fingerprint density at radius 2 is 1.76 bits per heavy atom. The van der Waals surface area contributed by atoms with Gasteiger partial charge in [0.15, 0.2) is 10.8 Å². The number of hydroxylamine groups is 1. The van der Waals surface area contributed by atoms with E-state index in [4.69, 9.17) is 19.0 Å². The minimum Gasteiger partial charge on any atom is -0.461 e. The van der Waals surface area contributed by atoms with Crippen molar-refractivity contribution in [2.45, 2.75) is 71.7 Å². The van der Waals surface area contributed by atoms with E-state index in [9.17, 15) is 19.2 Å². The molecule has 0 bridgehead atoms. The molecule has 45 heavy (non-hydrogen) atoms. The number of methoxy groups -OCH3 is 1. The average molecular weight is 645 g/mol. The summed E-state index contributed by atoms with van der Waals surface area (Å²) in [6.45, 7) is 8.16. The lowest BCUT2D eigenvalue weighted by Gasteiger charge is -2.35. The van der Waals surface area contributed by atoms with Crippen LogP contribution in [0.1, 0.15) is 58.9 Å². The van der Waals surface area contributed by atoms with Gasteiger partial charge in [-0.1, -0.05) is 25.2 Å². The summed E-state index contributed by atoms with van der Waals surface area (Å²) in [5, 5.41) is 9.24. The van der Waals surface area contributed by atoms with Crippen LogP contribution in [0.2, 0.25) is 0 Å². The van der Waals surface area contributed by atoms with Crippen LogP contribution in [0.25, 0.3) is 10.8 Å². The third-order valence-corrected chi connectivity index (χ3v) is 9.51. The summed E-state index contributed by atoms with van der Waals surface area (Å²) in [5.74, 6) is -5.04. The van der Waals surface area contributed by atoms with E-state index in [2.05, 4.69) is 30.6 Å². The maximum absolute atomic E-state index is 13.7. The number of Topliss-reactive ketones (excluding diaryl/α,β-unsaturated/α-hetero) is 2. The summed E-state index contributed by atoms with van der Waals surface area (Å²) >= 11 is 1.24. The molecule has 4 heterocycles. The first-order chi connectivity index (χ1) is 21.3. The lowest BCUT2D eigenvalue weighted by atomic mass is 9.74. The molecule has 0 aliphatic carbocycles. The van der Waals surface area contributed by atoms with Crippen LogP contribution < -0.4 is 5.48 Å². The molecule has 4 unspecified atom stereocenters. The number of esters is 2. The van der Waals surface area contributed by atoms with E-state index < -0.39 is 52.7 Å². The van der Waals surface area contributed by atoms with Crippen molar-refractivity contribution in [3.8, 4) is 10.8 Å². The zero-order chi connectivity index (χ0) is 32.9. The molecule has 4 rings (SSSR count). The Morgan fingerprint density at radius 1 is 1.07 bits per heavy atom. The van der Waals surface area contributed by atoms with Crippen LogP contribution >= 0.6 is 11.3 Å². The molecule has 7 atom stereocenters. The minimum absolute atomic E-state index is 0.0132. The lowest BCUT2D eigenvalue weighted by Crippen LogP contribution is -2.46. The van der Waals surface area contributed by atoms with Crippen molar-refractivity contribution in [2.75, 3.05) is 20.8 Å². The summed E-state index contributed by atoms with van der Waals surface area (Å²) in [5.41, 5.74) is 0.564. The fraction of sp³-hybridized carbons (Fsp3) is 0.633. The number of nitrogens with one attached hydrogen (secondary N) is 1. The van der Waals surface area contributed by atoms with Crippen LogP contribution in [0.4, 0.5) is 0 Å². The van der Waals surface area contributed by atoms with Crippen molar-refractivity contribution < 1.29 is 38.2 Å². The van der Waals surface area contributed by atoms with Crippen molar-refractivity contribution in [2.24, 2.45) is 34.6 Å². The van der Waals surface area contributed by atoms with Gasteiger partial charge in [-0.25, -0.2) is 9.97 Å². The second-order valence-electron chi connectivity index (χ2n) is 12.2. The van der Waals surface area contributed by atoms with Gasteiger partial charge >= 0.3 is 11.9 Å². The Labute approximate surface area is 265 Å². The summed E-state index contributed by atoms with van der Waals surface area (Å²) in [7, 11) is 3.02. The highest BCUT2D eigenvalue weighted by molar-refractivity contribution is 7.14. The van der Waals surface area contributed by atoms with Gasteiger partial charge in [-0.15, -0.1) is 10.2 Å². The molecule has 0 radical (unpaired) electrons. The smallest absolute Gasteiger partial charge is 0.317 e. The predicted molar refractivity (Wildman–Crippen MR) is 161 cm³/mol. The SMILES string of the molecule is CN=C(NOCc1nnc(-c2ncccn2)s1)C1C(=O)O[C@]2(C)COC(=O)C(C)C(=O)C(C)C[C@](C)(OC)C[C@@H](C)C(=O)CC12. The summed E-state index contributed by atoms with van der Waals surface area (Å²) in [4.78, 5) is 71.5. The Bertz CT molecular complexity index is 1440. The number of hydrogen-bond acceptors (Lipinski definition) is 14. The maximum Gasteiger partial charge on any atom is 0.317 e. The van der Waals surface area contributed by atoms with Gasteiger partial charge in [-0.05, 0) is 39.7 Å². The van der Waals surface area contributed by atoms with Gasteiger partial charge in [0.1, 0.15) is 53.1 Å².